The number of hydrogen-bond acceptors (Lipinski definition) is 3. The van der Waals surface area contributed by atoms with E-state index in [9.17, 15) is 9.90 Å². The normalized spacial score (nSPS) is 17.7. The SMILES string of the molecule is CC(C)c1ccc2c(c1)/C(=C/C1=C([O-])C(=C\c3cc(C(C)(C)C)[o+]c4ccc(C(C)C)cc34)/C1=O)C=C(C(C)(C)C)O2. The summed E-state index contributed by atoms with van der Waals surface area (Å²) in [5, 5.41) is 14.5. The molecule has 0 unspecified atom stereocenters. The maximum absolute atomic E-state index is 13.6. The highest BCUT2D eigenvalue weighted by molar-refractivity contribution is 6.24. The van der Waals surface area contributed by atoms with E-state index < -0.39 is 0 Å². The first kappa shape index (κ1) is 29.6. The van der Waals surface area contributed by atoms with Crippen LogP contribution in [0.2, 0.25) is 0 Å². The first-order chi connectivity index (χ1) is 19.5. The van der Waals surface area contributed by atoms with E-state index in [1.165, 1.54) is 11.1 Å². The van der Waals surface area contributed by atoms with E-state index in [-0.39, 0.29) is 33.5 Å². The lowest BCUT2D eigenvalue weighted by Crippen LogP contribution is -2.29. The molecule has 1 aromatic heterocycles. The van der Waals surface area contributed by atoms with Gasteiger partial charge in [0.1, 0.15) is 11.5 Å². The summed E-state index contributed by atoms with van der Waals surface area (Å²) >= 11 is 0. The molecule has 0 N–H and O–H groups in total. The molecule has 0 spiro atoms. The van der Waals surface area contributed by atoms with Crippen LogP contribution < -0.4 is 9.84 Å². The number of carbonyl (C=O) groups excluding carboxylic acids is 1. The number of benzene rings is 2. The minimum atomic E-state index is -0.240. The summed E-state index contributed by atoms with van der Waals surface area (Å²) in [6, 6.07) is 14.3. The average molecular weight is 563 g/mol. The van der Waals surface area contributed by atoms with Gasteiger partial charge in [-0.15, -0.1) is 0 Å². The van der Waals surface area contributed by atoms with Gasteiger partial charge in [-0.2, -0.15) is 0 Å². The van der Waals surface area contributed by atoms with Crippen molar-refractivity contribution < 1.29 is 19.1 Å². The zero-order chi connectivity index (χ0) is 30.7. The summed E-state index contributed by atoms with van der Waals surface area (Å²) in [5.41, 5.74) is 5.54. The standard InChI is InChI=1S/C38H42O4/c1-21(2)23-11-13-31-27(15-23)25(19-33(41-31)37(5,6)7)17-29-35(39)30(36(29)40)18-26-20-34(38(8,9)10)42-32-14-12-24(22(3)4)16-28(26)32/h11-22H,1-10H3. The van der Waals surface area contributed by atoms with E-state index in [0.717, 1.165) is 44.9 Å². The lowest BCUT2D eigenvalue weighted by Gasteiger charge is -2.31. The van der Waals surface area contributed by atoms with E-state index in [1.807, 2.05) is 24.3 Å². The zero-order valence-electron chi connectivity index (χ0n) is 26.6. The fourth-order valence-electron chi connectivity index (χ4n) is 5.16. The second-order valence-corrected chi connectivity index (χ2v) is 14.2. The number of allylic oxidation sites excluding steroid dienone is 6. The van der Waals surface area contributed by atoms with Gasteiger partial charge in [0.05, 0.1) is 10.8 Å². The van der Waals surface area contributed by atoms with Crippen molar-refractivity contribution in [2.45, 2.75) is 86.5 Å². The van der Waals surface area contributed by atoms with E-state index >= 15 is 0 Å². The molecular weight excluding hydrogens is 520 g/mol. The Morgan fingerprint density at radius 1 is 0.833 bits per heavy atom. The van der Waals surface area contributed by atoms with Crippen LogP contribution in [0.1, 0.15) is 109 Å². The molecule has 0 amide bonds. The third-order valence-electron chi connectivity index (χ3n) is 8.03. The first-order valence-electron chi connectivity index (χ1n) is 14.9. The highest BCUT2D eigenvalue weighted by Gasteiger charge is 2.32. The van der Waals surface area contributed by atoms with Gasteiger partial charge in [0.25, 0.3) is 0 Å². The topological polar surface area (TPSA) is 60.7 Å². The van der Waals surface area contributed by atoms with Gasteiger partial charge in [0.2, 0.25) is 0 Å². The monoisotopic (exact) mass is 562 g/mol. The summed E-state index contributed by atoms with van der Waals surface area (Å²) in [4.78, 5) is 13.6. The van der Waals surface area contributed by atoms with E-state index in [1.54, 1.807) is 12.2 Å². The number of fused-ring (bicyclic) bond motifs is 2. The summed E-state index contributed by atoms with van der Waals surface area (Å²) in [7, 11) is 0. The maximum Gasteiger partial charge on any atom is 0.360 e. The molecule has 0 saturated heterocycles. The molecule has 0 radical (unpaired) electrons. The predicted molar refractivity (Wildman–Crippen MR) is 170 cm³/mol. The Bertz CT molecular complexity index is 1730. The van der Waals surface area contributed by atoms with E-state index in [4.69, 9.17) is 9.15 Å². The lowest BCUT2D eigenvalue weighted by molar-refractivity contribution is -0.300. The van der Waals surface area contributed by atoms with Gasteiger partial charge in [-0.3, -0.25) is 4.79 Å². The summed E-state index contributed by atoms with van der Waals surface area (Å²) in [6.45, 7) is 21.1. The fourth-order valence-corrected chi connectivity index (χ4v) is 5.16. The van der Waals surface area contributed by atoms with Crippen molar-refractivity contribution in [3.8, 4) is 5.75 Å². The second-order valence-electron chi connectivity index (χ2n) is 14.2. The number of ether oxygens (including phenoxy) is 1. The smallest absolute Gasteiger partial charge is 0.360 e. The zero-order valence-corrected chi connectivity index (χ0v) is 26.6. The number of Topliss-reactive ketones (excluding diaryl/α,β-unsaturated/α-hetero) is 1. The molecule has 2 aliphatic rings. The minimum Gasteiger partial charge on any atom is -0.871 e. The molecule has 1 aliphatic carbocycles. The van der Waals surface area contributed by atoms with E-state index in [2.05, 4.69) is 93.5 Å². The van der Waals surface area contributed by atoms with Crippen molar-refractivity contribution in [3.05, 3.63) is 105 Å². The van der Waals surface area contributed by atoms with Crippen molar-refractivity contribution in [2.24, 2.45) is 5.41 Å². The van der Waals surface area contributed by atoms with Crippen LogP contribution in [-0.2, 0) is 10.2 Å². The molecule has 0 fully saturated rings. The molecule has 4 heteroatoms. The molecule has 2 aromatic carbocycles. The van der Waals surface area contributed by atoms with Gasteiger partial charge in [-0.1, -0.05) is 60.3 Å². The highest BCUT2D eigenvalue weighted by atomic mass is 16.5. The van der Waals surface area contributed by atoms with Gasteiger partial charge >= 0.3 is 11.3 Å². The third-order valence-corrected chi connectivity index (χ3v) is 8.03. The third kappa shape index (κ3) is 5.47. The first-order valence-corrected chi connectivity index (χ1v) is 14.9. The molecule has 0 atom stereocenters. The molecular formula is C38H42O4. The minimum absolute atomic E-state index is 0.201. The number of carbonyl (C=O) groups is 1. The predicted octanol–water partition coefficient (Wildman–Crippen LogP) is 9.24. The van der Waals surface area contributed by atoms with Crippen molar-refractivity contribution in [1.29, 1.82) is 0 Å². The summed E-state index contributed by atoms with van der Waals surface area (Å²) in [5.74, 6) is 2.52. The second kappa shape index (κ2) is 10.4. The Hall–Kier alpha value is -3.92. The molecule has 218 valence electrons. The largest absolute Gasteiger partial charge is 0.871 e. The van der Waals surface area contributed by atoms with Gasteiger partial charge in [-0.05, 0) is 91.8 Å². The van der Waals surface area contributed by atoms with Crippen molar-refractivity contribution in [2.75, 3.05) is 0 Å². The number of ketones is 1. The van der Waals surface area contributed by atoms with Gasteiger partial charge in [0, 0.05) is 39.8 Å². The Morgan fingerprint density at radius 2 is 1.48 bits per heavy atom. The molecule has 42 heavy (non-hydrogen) atoms. The number of hydrogen-bond donors (Lipinski definition) is 0. The highest BCUT2D eigenvalue weighted by Crippen LogP contribution is 2.43. The quantitative estimate of drug-likeness (QED) is 0.235. The van der Waals surface area contributed by atoms with Crippen molar-refractivity contribution >= 4 is 28.4 Å². The van der Waals surface area contributed by atoms with Crippen LogP contribution >= 0.6 is 0 Å². The molecule has 3 aromatic rings. The van der Waals surface area contributed by atoms with Gasteiger partial charge < -0.3 is 9.84 Å². The number of rotatable bonds is 4. The molecule has 0 saturated carbocycles. The van der Waals surface area contributed by atoms with Crippen LogP contribution in [0.25, 0.3) is 22.6 Å². The molecule has 2 heterocycles. The summed E-state index contributed by atoms with van der Waals surface area (Å²) in [6.07, 6.45) is 5.46. The van der Waals surface area contributed by atoms with Crippen molar-refractivity contribution in [3.63, 3.8) is 0 Å². The van der Waals surface area contributed by atoms with Gasteiger partial charge in [0.15, 0.2) is 5.78 Å². The van der Waals surface area contributed by atoms with E-state index in [0.29, 0.717) is 11.8 Å². The van der Waals surface area contributed by atoms with Crippen LogP contribution in [0.3, 0.4) is 0 Å². The molecule has 1 aliphatic heterocycles. The Kier molecular flexibility index (Phi) is 7.33. The van der Waals surface area contributed by atoms with Crippen molar-refractivity contribution in [1.82, 2.24) is 0 Å². The molecule has 0 bridgehead atoms. The summed E-state index contributed by atoms with van der Waals surface area (Å²) < 4.78 is 12.6. The average Bonchev–Trinajstić information content (AvgIpc) is 2.92. The van der Waals surface area contributed by atoms with Gasteiger partial charge in [-0.25, -0.2) is 4.42 Å². The maximum atomic E-state index is 13.6. The van der Waals surface area contributed by atoms with Crippen LogP contribution in [0.4, 0.5) is 0 Å². The lowest BCUT2D eigenvalue weighted by atomic mass is 9.82. The van der Waals surface area contributed by atoms with Crippen LogP contribution in [0.15, 0.2) is 81.7 Å². The van der Waals surface area contributed by atoms with Crippen LogP contribution in [-0.4, -0.2) is 5.78 Å². The Balaban J connectivity index is 1.65. The molecule has 5 rings (SSSR count). The Morgan fingerprint density at radius 3 is 2.07 bits per heavy atom. The van der Waals surface area contributed by atoms with Crippen LogP contribution in [0, 0.1) is 5.41 Å². The molecule has 4 nitrogen and oxygen atoms in total. The van der Waals surface area contributed by atoms with Crippen LogP contribution in [0.5, 0.6) is 5.75 Å². The Labute approximate surface area is 250 Å². The fraction of sp³-hybridized carbons (Fsp3) is 0.368.